The topological polar surface area (TPSA) is 9.23 Å². The molecule has 20 heavy (non-hydrogen) atoms. The Bertz CT molecular complexity index is 490. The number of methoxy groups -OCH3 is 1. The van der Waals surface area contributed by atoms with Gasteiger partial charge >= 0.3 is 135 Å². The third-order valence-electron chi connectivity index (χ3n) is 5.89. The molecule has 0 aromatic heterocycles. The second kappa shape index (κ2) is 5.06. The maximum atomic E-state index is 5.74. The van der Waals surface area contributed by atoms with E-state index in [0.29, 0.717) is 18.5 Å². The summed E-state index contributed by atoms with van der Waals surface area (Å²) in [7, 11) is 1.84. The van der Waals surface area contributed by atoms with Crippen molar-refractivity contribution in [3.05, 3.63) is 23.8 Å². The molecule has 0 N–H and O–H groups in total. The fourth-order valence-corrected chi connectivity index (χ4v) is 7.47. The van der Waals surface area contributed by atoms with Gasteiger partial charge in [0.2, 0.25) is 0 Å². The summed E-state index contributed by atoms with van der Waals surface area (Å²) >= 11 is 3.29. The quantitative estimate of drug-likeness (QED) is 0.708. The predicted octanol–water partition coefficient (Wildman–Crippen LogP) is 2.31. The van der Waals surface area contributed by atoms with Crippen LogP contribution in [-0.4, -0.2) is 34.4 Å². The number of hydrogen-bond donors (Lipinski definition) is 0. The fourth-order valence-electron chi connectivity index (χ4n) is 5.60. The molecule has 4 aliphatic carbocycles. The third-order valence-corrected chi connectivity index (χ3v) is 9.16. The SMILES string of the molecule is COc1ccc([Se][SeH])cc1C12CC3CC(CC(C3)C1)C2. The van der Waals surface area contributed by atoms with Crippen molar-refractivity contribution in [2.75, 3.05) is 7.11 Å². The van der Waals surface area contributed by atoms with Crippen LogP contribution in [-0.2, 0) is 5.41 Å². The molecule has 0 saturated heterocycles. The Morgan fingerprint density at radius 1 is 1.10 bits per heavy atom. The van der Waals surface area contributed by atoms with Gasteiger partial charge in [-0.25, -0.2) is 0 Å². The second-order valence-electron chi connectivity index (χ2n) is 7.15. The zero-order chi connectivity index (χ0) is 13.7. The van der Waals surface area contributed by atoms with Crippen LogP contribution in [0.1, 0.15) is 44.1 Å². The summed E-state index contributed by atoms with van der Waals surface area (Å²) in [4.78, 5) is 0. The number of benzene rings is 1. The average Bonchev–Trinajstić information content (AvgIpc) is 2.45. The zero-order valence-corrected chi connectivity index (χ0v) is 15.6. The minimum absolute atomic E-state index is 0.453. The van der Waals surface area contributed by atoms with Crippen LogP contribution in [0.5, 0.6) is 5.75 Å². The molecule has 4 fully saturated rings. The van der Waals surface area contributed by atoms with Crippen molar-refractivity contribution in [1.29, 1.82) is 0 Å². The van der Waals surface area contributed by atoms with Gasteiger partial charge in [0.1, 0.15) is 0 Å². The molecule has 1 aromatic rings. The summed E-state index contributed by atoms with van der Waals surface area (Å²) in [5, 5.41) is 0. The molecule has 4 aliphatic rings. The molecule has 108 valence electrons. The molecule has 0 aliphatic heterocycles. The van der Waals surface area contributed by atoms with E-state index in [9.17, 15) is 0 Å². The average molecular weight is 400 g/mol. The van der Waals surface area contributed by atoms with E-state index >= 15 is 0 Å². The van der Waals surface area contributed by atoms with Crippen LogP contribution in [0.4, 0.5) is 0 Å². The standard InChI is InChI=1S/C17H22OSe2/c1-18-16-3-2-14(20-19)7-15(16)17-8-11-4-12(9-17)6-13(5-11)10-17/h2-3,7,11-13,19H,4-6,8-10H2,1H3. The summed E-state index contributed by atoms with van der Waals surface area (Å²) in [6.07, 6.45) is 8.79. The van der Waals surface area contributed by atoms with Crippen molar-refractivity contribution in [2.24, 2.45) is 17.8 Å². The molecule has 4 bridgehead atoms. The second-order valence-corrected chi connectivity index (χ2v) is 10.5. The van der Waals surface area contributed by atoms with Gasteiger partial charge in [-0.3, -0.25) is 0 Å². The van der Waals surface area contributed by atoms with E-state index in [-0.39, 0.29) is 0 Å². The van der Waals surface area contributed by atoms with Crippen molar-refractivity contribution in [3.8, 4) is 5.75 Å². The molecule has 1 nitrogen and oxygen atoms in total. The van der Waals surface area contributed by atoms with Gasteiger partial charge in [0.05, 0.1) is 0 Å². The fraction of sp³-hybridized carbons (Fsp3) is 0.647. The molecular formula is C17H22OSe2. The van der Waals surface area contributed by atoms with Gasteiger partial charge < -0.3 is 0 Å². The number of ether oxygens (including phenoxy) is 1. The van der Waals surface area contributed by atoms with Gasteiger partial charge in [-0.15, -0.1) is 0 Å². The van der Waals surface area contributed by atoms with E-state index in [1.54, 1.807) is 5.56 Å². The first-order valence-electron chi connectivity index (χ1n) is 7.72. The first kappa shape index (κ1) is 13.7. The summed E-state index contributed by atoms with van der Waals surface area (Å²) in [5.41, 5.74) is 2.00. The predicted molar refractivity (Wildman–Crippen MR) is 85.4 cm³/mol. The molecule has 0 spiro atoms. The van der Waals surface area contributed by atoms with Crippen molar-refractivity contribution >= 4 is 31.8 Å². The van der Waals surface area contributed by atoms with Crippen LogP contribution in [0.3, 0.4) is 0 Å². The van der Waals surface area contributed by atoms with Crippen molar-refractivity contribution in [3.63, 3.8) is 0 Å². The first-order valence-corrected chi connectivity index (χ1v) is 13.3. The van der Waals surface area contributed by atoms with Crippen LogP contribution in [0, 0.1) is 17.8 Å². The molecule has 0 amide bonds. The molecule has 0 heterocycles. The summed E-state index contributed by atoms with van der Waals surface area (Å²) in [6, 6.07) is 6.95. The van der Waals surface area contributed by atoms with Gasteiger partial charge in [0, 0.05) is 0 Å². The normalized spacial score (nSPS) is 38.2. The molecular weight excluding hydrogens is 378 g/mol. The zero-order valence-electron chi connectivity index (χ0n) is 12.0. The van der Waals surface area contributed by atoms with Gasteiger partial charge in [0.15, 0.2) is 0 Å². The van der Waals surface area contributed by atoms with Crippen LogP contribution < -0.4 is 9.20 Å². The van der Waals surface area contributed by atoms with E-state index in [1.807, 2.05) is 7.11 Å². The molecule has 5 rings (SSSR count). The summed E-state index contributed by atoms with van der Waals surface area (Å²) < 4.78 is 7.24. The van der Waals surface area contributed by atoms with E-state index in [4.69, 9.17) is 4.74 Å². The van der Waals surface area contributed by atoms with Gasteiger partial charge in [-0.1, -0.05) is 0 Å². The van der Waals surface area contributed by atoms with E-state index in [0.717, 1.165) is 23.5 Å². The van der Waals surface area contributed by atoms with Crippen molar-refractivity contribution in [1.82, 2.24) is 0 Å². The van der Waals surface area contributed by atoms with Gasteiger partial charge in [-0.05, 0) is 0 Å². The molecule has 0 unspecified atom stereocenters. The van der Waals surface area contributed by atoms with Gasteiger partial charge in [-0.2, -0.15) is 0 Å². The van der Waals surface area contributed by atoms with E-state index < -0.39 is 0 Å². The molecule has 0 radical (unpaired) electrons. The van der Waals surface area contributed by atoms with Crippen LogP contribution in [0.25, 0.3) is 0 Å². The van der Waals surface area contributed by atoms with E-state index in [2.05, 4.69) is 32.4 Å². The molecule has 0 atom stereocenters. The van der Waals surface area contributed by atoms with Crippen molar-refractivity contribution in [2.45, 2.75) is 43.9 Å². The Labute approximate surface area is 134 Å². The Balaban J connectivity index is 1.79. The Kier molecular flexibility index (Phi) is 3.46. The Morgan fingerprint density at radius 3 is 2.20 bits per heavy atom. The van der Waals surface area contributed by atoms with Crippen LogP contribution >= 0.6 is 0 Å². The van der Waals surface area contributed by atoms with Crippen molar-refractivity contribution < 1.29 is 4.74 Å². The minimum atomic E-state index is 0.453. The van der Waals surface area contributed by atoms with Crippen LogP contribution in [0.15, 0.2) is 18.2 Å². The monoisotopic (exact) mass is 402 g/mol. The molecule has 1 aromatic carbocycles. The first-order chi connectivity index (χ1) is 9.72. The maximum absolute atomic E-state index is 5.74. The number of rotatable bonds is 3. The number of hydrogen-bond acceptors (Lipinski definition) is 1. The molecule has 3 heteroatoms. The third kappa shape index (κ3) is 2.10. The van der Waals surface area contributed by atoms with Crippen LogP contribution in [0.2, 0.25) is 0 Å². The van der Waals surface area contributed by atoms with E-state index in [1.165, 1.54) is 43.0 Å². The Morgan fingerprint density at radius 2 is 1.70 bits per heavy atom. The summed E-state index contributed by atoms with van der Waals surface area (Å²) in [5.74, 6) is 4.14. The molecule has 4 saturated carbocycles. The van der Waals surface area contributed by atoms with Gasteiger partial charge in [0.25, 0.3) is 0 Å². The summed E-state index contributed by atoms with van der Waals surface area (Å²) in [6.45, 7) is 0. The Hall–Kier alpha value is 0.0590.